The number of amides is 2. The van der Waals surface area contributed by atoms with Crippen LogP contribution in [0.1, 0.15) is 47.0 Å². The largest absolute Gasteiger partial charge is 0.353 e. The zero-order valence-electron chi connectivity index (χ0n) is 21.4. The number of nitrogens with one attached hydrogen (secondary N) is 1. The Labute approximate surface area is 232 Å². The molecule has 0 aliphatic carbocycles. The molecule has 200 valence electrons. The van der Waals surface area contributed by atoms with E-state index in [-0.39, 0.29) is 23.2 Å². The summed E-state index contributed by atoms with van der Waals surface area (Å²) in [4.78, 5) is 44.7. The molecule has 6 heterocycles. The monoisotopic (exact) mass is 551 g/mol. The Hall–Kier alpha value is -2.34. The van der Waals surface area contributed by atoms with Crippen molar-refractivity contribution in [2.75, 3.05) is 54.8 Å². The Morgan fingerprint density at radius 2 is 1.87 bits per heavy atom. The second-order valence-corrected chi connectivity index (χ2v) is 12.5. The number of piperazine rings is 1. The van der Waals surface area contributed by atoms with Gasteiger partial charge >= 0.3 is 0 Å². The van der Waals surface area contributed by atoms with Crippen molar-refractivity contribution in [3.63, 3.8) is 0 Å². The molecule has 2 atom stereocenters. The number of carbonyl (C=O) groups excluding carboxylic acids is 2. The number of hydrogen-bond acceptors (Lipinski definition) is 10. The van der Waals surface area contributed by atoms with Crippen molar-refractivity contribution >= 4 is 48.0 Å². The van der Waals surface area contributed by atoms with E-state index in [1.165, 1.54) is 33.7 Å². The number of piperidine rings is 1. The molecular formula is C27H33N7O2S2. The number of benzene rings is 1. The fourth-order valence-electron chi connectivity index (χ4n) is 6.15. The maximum absolute atomic E-state index is 12.4. The molecule has 11 heteroatoms. The maximum Gasteiger partial charge on any atom is 0.243 e. The smallest absolute Gasteiger partial charge is 0.243 e. The molecule has 2 aromatic rings. The second kappa shape index (κ2) is 10.0. The quantitative estimate of drug-likeness (QED) is 0.429. The minimum absolute atomic E-state index is 0.135. The van der Waals surface area contributed by atoms with Crippen LogP contribution in [0.5, 0.6) is 0 Å². The van der Waals surface area contributed by atoms with Gasteiger partial charge in [0.25, 0.3) is 0 Å². The van der Waals surface area contributed by atoms with E-state index < -0.39 is 0 Å². The maximum atomic E-state index is 12.4. The van der Waals surface area contributed by atoms with Crippen LogP contribution in [-0.4, -0.2) is 82.6 Å². The normalized spacial score (nSPS) is 25.8. The van der Waals surface area contributed by atoms with Crippen LogP contribution in [0.15, 0.2) is 23.1 Å². The standard InChI is InChI=1S/C27H33N7O2S2/c35-22-5-4-21(25(36)29-22)34-16-18-3-2-17(14-19(18)26(34)37)15-31-9-11-32(12-10-31)24-23-20(6-13-38-23)28-27(30-24)33-7-1-8-33/h2-3,14,21,26,37H,1,4-13,15-16H2,(H,29,35,36). The molecule has 0 saturated carbocycles. The lowest BCUT2D eigenvalue weighted by Crippen LogP contribution is -2.51. The van der Waals surface area contributed by atoms with Crippen molar-refractivity contribution in [2.24, 2.45) is 0 Å². The summed E-state index contributed by atoms with van der Waals surface area (Å²) in [5, 5.41) is 2.35. The average Bonchev–Trinajstić information content (AvgIpc) is 3.48. The molecule has 2 unspecified atom stereocenters. The first-order valence-corrected chi connectivity index (χ1v) is 15.2. The van der Waals surface area contributed by atoms with Crippen LogP contribution >= 0.6 is 24.4 Å². The number of thiol groups is 1. The minimum atomic E-state index is -0.304. The van der Waals surface area contributed by atoms with E-state index in [0.29, 0.717) is 19.4 Å². The lowest BCUT2D eigenvalue weighted by molar-refractivity contribution is -0.137. The van der Waals surface area contributed by atoms with Crippen LogP contribution in [0.2, 0.25) is 0 Å². The molecule has 3 saturated heterocycles. The van der Waals surface area contributed by atoms with E-state index in [9.17, 15) is 9.59 Å². The van der Waals surface area contributed by atoms with Crippen LogP contribution in [0, 0.1) is 0 Å². The molecule has 0 spiro atoms. The number of imide groups is 1. The molecule has 3 fully saturated rings. The number of rotatable bonds is 5. The first kappa shape index (κ1) is 24.7. The number of fused-ring (bicyclic) bond motifs is 2. The van der Waals surface area contributed by atoms with Gasteiger partial charge in [0.05, 0.1) is 22.0 Å². The molecular weight excluding hydrogens is 518 g/mol. The molecule has 7 rings (SSSR count). The highest BCUT2D eigenvalue weighted by Crippen LogP contribution is 2.41. The van der Waals surface area contributed by atoms with Crippen molar-refractivity contribution in [3.05, 3.63) is 40.6 Å². The number of thioether (sulfide) groups is 1. The Bertz CT molecular complexity index is 1280. The summed E-state index contributed by atoms with van der Waals surface area (Å²) in [6, 6.07) is 6.36. The highest BCUT2D eigenvalue weighted by atomic mass is 32.2. The summed E-state index contributed by atoms with van der Waals surface area (Å²) in [6.45, 7) is 7.64. The molecule has 0 radical (unpaired) electrons. The zero-order chi connectivity index (χ0) is 25.8. The molecule has 38 heavy (non-hydrogen) atoms. The highest BCUT2D eigenvalue weighted by molar-refractivity contribution is 7.99. The predicted octanol–water partition coefficient (Wildman–Crippen LogP) is 2.21. The third-order valence-corrected chi connectivity index (χ3v) is 10.2. The third-order valence-electron chi connectivity index (χ3n) is 8.47. The van der Waals surface area contributed by atoms with E-state index >= 15 is 0 Å². The highest BCUT2D eigenvalue weighted by Gasteiger charge is 2.39. The summed E-state index contributed by atoms with van der Waals surface area (Å²) in [7, 11) is 0. The lowest BCUT2D eigenvalue weighted by atomic mass is 10.0. The van der Waals surface area contributed by atoms with Gasteiger partial charge in [-0.25, -0.2) is 4.98 Å². The van der Waals surface area contributed by atoms with Gasteiger partial charge in [-0.3, -0.25) is 24.7 Å². The van der Waals surface area contributed by atoms with E-state index in [4.69, 9.17) is 22.6 Å². The van der Waals surface area contributed by atoms with Gasteiger partial charge < -0.3 is 9.80 Å². The van der Waals surface area contributed by atoms with Gasteiger partial charge in [-0.15, -0.1) is 11.8 Å². The lowest BCUT2D eigenvalue weighted by Gasteiger charge is -2.37. The van der Waals surface area contributed by atoms with Gasteiger partial charge in [-0.05, 0) is 29.5 Å². The average molecular weight is 552 g/mol. The summed E-state index contributed by atoms with van der Waals surface area (Å²) >= 11 is 6.80. The van der Waals surface area contributed by atoms with Crippen LogP contribution < -0.4 is 15.1 Å². The third kappa shape index (κ3) is 4.47. The Balaban J connectivity index is 1.01. The second-order valence-electron chi connectivity index (χ2n) is 10.9. The van der Waals surface area contributed by atoms with Gasteiger partial charge in [-0.2, -0.15) is 17.6 Å². The van der Waals surface area contributed by atoms with E-state index in [0.717, 1.165) is 69.8 Å². The molecule has 1 aromatic carbocycles. The SMILES string of the molecule is O=C1CCC(N2Cc3ccc(CN4CCN(c5nc(N6CCC6)nc6c5SCC6)CC4)cc3C2S)C(=O)N1. The van der Waals surface area contributed by atoms with Crippen LogP contribution in [-0.2, 0) is 29.1 Å². The molecule has 5 aliphatic heterocycles. The van der Waals surface area contributed by atoms with E-state index in [1.807, 2.05) is 11.8 Å². The predicted molar refractivity (Wildman–Crippen MR) is 151 cm³/mol. The first-order valence-electron chi connectivity index (χ1n) is 13.7. The van der Waals surface area contributed by atoms with Crippen molar-refractivity contribution in [2.45, 2.75) is 55.1 Å². The molecule has 0 bridgehead atoms. The number of anilines is 2. The fraction of sp³-hybridized carbons (Fsp3) is 0.556. The number of carbonyl (C=O) groups is 2. The summed E-state index contributed by atoms with van der Waals surface area (Å²) in [5.74, 6) is 2.78. The Morgan fingerprint density at radius 1 is 1.03 bits per heavy atom. The van der Waals surface area contributed by atoms with Gasteiger partial charge in [-0.1, -0.05) is 18.2 Å². The number of aryl methyl sites for hydroxylation is 1. The van der Waals surface area contributed by atoms with Crippen molar-refractivity contribution in [1.82, 2.24) is 25.1 Å². The van der Waals surface area contributed by atoms with Crippen LogP contribution in [0.3, 0.4) is 0 Å². The molecule has 1 N–H and O–H groups in total. The Morgan fingerprint density at radius 3 is 2.63 bits per heavy atom. The minimum Gasteiger partial charge on any atom is -0.353 e. The number of nitrogens with zero attached hydrogens (tertiary/aromatic N) is 6. The fourth-order valence-corrected chi connectivity index (χ4v) is 7.75. The van der Waals surface area contributed by atoms with Gasteiger partial charge in [0.15, 0.2) is 0 Å². The molecule has 1 aromatic heterocycles. The number of aromatic nitrogens is 2. The van der Waals surface area contributed by atoms with Crippen molar-refractivity contribution in [1.29, 1.82) is 0 Å². The van der Waals surface area contributed by atoms with Crippen LogP contribution in [0.4, 0.5) is 11.8 Å². The molecule has 2 amide bonds. The summed E-state index contributed by atoms with van der Waals surface area (Å²) < 4.78 is 0. The van der Waals surface area contributed by atoms with Gasteiger partial charge in [0.1, 0.15) is 5.82 Å². The molecule has 5 aliphatic rings. The zero-order valence-corrected chi connectivity index (χ0v) is 23.1. The van der Waals surface area contributed by atoms with Gasteiger partial charge in [0.2, 0.25) is 17.8 Å². The topological polar surface area (TPSA) is 84.9 Å². The summed E-state index contributed by atoms with van der Waals surface area (Å²) in [5.41, 5.74) is 4.91. The molecule has 9 nitrogen and oxygen atoms in total. The Kier molecular flexibility index (Phi) is 6.50. The summed E-state index contributed by atoms with van der Waals surface area (Å²) in [6.07, 6.45) is 3.22. The number of hydrogen-bond donors (Lipinski definition) is 2. The van der Waals surface area contributed by atoms with Crippen molar-refractivity contribution in [3.8, 4) is 0 Å². The van der Waals surface area contributed by atoms with Crippen molar-refractivity contribution < 1.29 is 9.59 Å². The van der Waals surface area contributed by atoms with Crippen LogP contribution in [0.25, 0.3) is 0 Å². The van der Waals surface area contributed by atoms with E-state index in [1.54, 1.807) is 0 Å². The van der Waals surface area contributed by atoms with Gasteiger partial charge in [0, 0.05) is 71.0 Å². The van der Waals surface area contributed by atoms with E-state index in [2.05, 4.69) is 43.1 Å². The first-order chi connectivity index (χ1) is 18.5.